The molecule has 2 aliphatic heterocycles. The summed E-state index contributed by atoms with van der Waals surface area (Å²) in [6.07, 6.45) is 4.10. The van der Waals surface area contributed by atoms with Crippen LogP contribution in [0.3, 0.4) is 0 Å². The highest BCUT2D eigenvalue weighted by atomic mass is 32.2. The Labute approximate surface area is 115 Å². The summed E-state index contributed by atoms with van der Waals surface area (Å²) in [5, 5.41) is 8.84. The predicted molar refractivity (Wildman–Crippen MR) is 72.3 cm³/mol. The summed E-state index contributed by atoms with van der Waals surface area (Å²) in [6.45, 7) is 3.88. The first-order valence-corrected chi connectivity index (χ1v) is 8.68. The molecule has 2 rings (SSSR count). The van der Waals surface area contributed by atoms with Gasteiger partial charge in [0.1, 0.15) is 0 Å². The van der Waals surface area contributed by atoms with Crippen molar-refractivity contribution in [2.45, 2.75) is 69.7 Å². The van der Waals surface area contributed by atoms with Crippen molar-refractivity contribution in [2.24, 2.45) is 5.92 Å². The fraction of sp³-hybridized carbons (Fsp3) is 0.923. The number of carboxylic acids is 1. The van der Waals surface area contributed by atoms with Gasteiger partial charge in [0.05, 0.1) is 11.2 Å². The van der Waals surface area contributed by atoms with Gasteiger partial charge in [0, 0.05) is 12.1 Å². The van der Waals surface area contributed by atoms with E-state index in [9.17, 15) is 18.3 Å². The van der Waals surface area contributed by atoms with Crippen molar-refractivity contribution in [1.29, 1.82) is 0 Å². The molecule has 0 aliphatic carbocycles. The zero-order valence-electron chi connectivity index (χ0n) is 11.6. The maximum atomic E-state index is 12.7. The van der Waals surface area contributed by atoms with Crippen LogP contribution in [0.4, 0.5) is 0 Å². The Morgan fingerprint density at radius 2 is 2.05 bits per heavy atom. The highest BCUT2D eigenvalue weighted by Gasteiger charge is 2.55. The maximum Gasteiger partial charge on any atom is 0.308 e. The average molecular weight is 289 g/mol. The number of carboxylic acid groups (broad SMARTS) is 1. The van der Waals surface area contributed by atoms with Gasteiger partial charge < -0.3 is 5.11 Å². The van der Waals surface area contributed by atoms with Gasteiger partial charge in [-0.25, -0.2) is 8.42 Å². The van der Waals surface area contributed by atoms with Crippen molar-refractivity contribution in [3.05, 3.63) is 0 Å². The van der Waals surface area contributed by atoms with Gasteiger partial charge >= 0.3 is 5.97 Å². The molecule has 2 aliphatic rings. The number of carbonyl (C=O) groups is 1. The molecule has 4 unspecified atom stereocenters. The molecule has 2 bridgehead atoms. The lowest BCUT2D eigenvalue weighted by molar-refractivity contribution is -0.142. The van der Waals surface area contributed by atoms with Crippen LogP contribution in [0.1, 0.15) is 52.4 Å². The molecule has 0 saturated carbocycles. The molecule has 2 saturated heterocycles. The molecule has 0 spiro atoms. The van der Waals surface area contributed by atoms with Crippen LogP contribution in [0.2, 0.25) is 0 Å². The topological polar surface area (TPSA) is 74.7 Å². The predicted octanol–water partition coefficient (Wildman–Crippen LogP) is 1.83. The maximum absolute atomic E-state index is 12.7. The Balaban J connectivity index is 2.24. The standard InChI is InChI=1S/C13H23NO4S/c1-3-5-10(4-2)19(17,18)14-9-6-7-12(14)11(8-9)13(15)16/h9-12H,3-8H2,1-2H3,(H,15,16). The summed E-state index contributed by atoms with van der Waals surface area (Å²) in [5.74, 6) is -1.36. The molecule has 2 fully saturated rings. The van der Waals surface area contributed by atoms with Gasteiger partial charge in [0.2, 0.25) is 10.0 Å². The second kappa shape index (κ2) is 5.40. The molecular formula is C13H23NO4S. The van der Waals surface area contributed by atoms with E-state index in [1.54, 1.807) is 4.31 Å². The van der Waals surface area contributed by atoms with E-state index < -0.39 is 21.9 Å². The molecule has 0 aromatic heterocycles. The minimum absolute atomic E-state index is 0.0815. The fourth-order valence-electron chi connectivity index (χ4n) is 3.66. The van der Waals surface area contributed by atoms with Gasteiger partial charge in [-0.1, -0.05) is 20.3 Å². The zero-order chi connectivity index (χ0) is 14.2. The van der Waals surface area contributed by atoms with Gasteiger partial charge in [-0.3, -0.25) is 4.79 Å². The summed E-state index contributed by atoms with van der Waals surface area (Å²) in [4.78, 5) is 11.2. The highest BCUT2D eigenvalue weighted by Crippen LogP contribution is 2.44. The Morgan fingerprint density at radius 1 is 1.37 bits per heavy atom. The van der Waals surface area contributed by atoms with Crippen molar-refractivity contribution < 1.29 is 18.3 Å². The third kappa shape index (κ3) is 2.40. The molecule has 1 N–H and O–H groups in total. The molecule has 2 heterocycles. The molecule has 110 valence electrons. The highest BCUT2D eigenvalue weighted by molar-refractivity contribution is 7.89. The van der Waals surface area contributed by atoms with Crippen molar-refractivity contribution in [1.82, 2.24) is 4.31 Å². The first-order chi connectivity index (χ1) is 8.93. The van der Waals surface area contributed by atoms with Crippen LogP contribution in [0, 0.1) is 5.92 Å². The second-order valence-corrected chi connectivity index (χ2v) is 7.79. The number of sulfonamides is 1. The first-order valence-electron chi connectivity index (χ1n) is 7.18. The average Bonchev–Trinajstić information content (AvgIpc) is 2.93. The van der Waals surface area contributed by atoms with Crippen LogP contribution in [-0.2, 0) is 14.8 Å². The Kier molecular flexibility index (Phi) is 4.20. The Bertz CT molecular complexity index is 448. The van der Waals surface area contributed by atoms with Crippen LogP contribution in [-0.4, -0.2) is 41.1 Å². The van der Waals surface area contributed by atoms with Crippen LogP contribution in [0.5, 0.6) is 0 Å². The molecule has 19 heavy (non-hydrogen) atoms. The van der Waals surface area contributed by atoms with E-state index in [2.05, 4.69) is 0 Å². The van der Waals surface area contributed by atoms with Gasteiger partial charge in [-0.15, -0.1) is 0 Å². The molecule has 0 aromatic rings. The summed E-state index contributed by atoms with van der Waals surface area (Å²) in [5.41, 5.74) is 0. The zero-order valence-corrected chi connectivity index (χ0v) is 12.4. The van der Waals surface area contributed by atoms with Crippen molar-refractivity contribution >= 4 is 16.0 Å². The van der Waals surface area contributed by atoms with Crippen LogP contribution in [0.25, 0.3) is 0 Å². The quantitative estimate of drug-likeness (QED) is 0.809. The SMILES string of the molecule is CCCC(CC)S(=O)(=O)N1C2CCC1C(C(=O)O)C2. The largest absolute Gasteiger partial charge is 0.481 e. The van der Waals surface area contributed by atoms with Crippen LogP contribution in [0.15, 0.2) is 0 Å². The number of hydrogen-bond donors (Lipinski definition) is 1. The van der Waals surface area contributed by atoms with Gasteiger partial charge in [0.15, 0.2) is 0 Å². The van der Waals surface area contributed by atoms with E-state index in [0.717, 1.165) is 12.8 Å². The molecular weight excluding hydrogens is 266 g/mol. The second-order valence-electron chi connectivity index (χ2n) is 5.67. The number of fused-ring (bicyclic) bond motifs is 2. The summed E-state index contributed by atoms with van der Waals surface area (Å²) < 4.78 is 27.0. The summed E-state index contributed by atoms with van der Waals surface area (Å²) >= 11 is 0. The number of hydrogen-bond acceptors (Lipinski definition) is 3. The van der Waals surface area contributed by atoms with Gasteiger partial charge in [0.25, 0.3) is 0 Å². The monoisotopic (exact) mass is 289 g/mol. The summed E-state index contributed by atoms with van der Waals surface area (Å²) in [6, 6.07) is -0.389. The van der Waals surface area contributed by atoms with E-state index in [1.807, 2.05) is 13.8 Å². The normalized spacial score (nSPS) is 32.6. The smallest absolute Gasteiger partial charge is 0.308 e. The minimum Gasteiger partial charge on any atom is -0.481 e. The van der Waals surface area contributed by atoms with E-state index in [4.69, 9.17) is 0 Å². The van der Waals surface area contributed by atoms with Crippen molar-refractivity contribution in [3.8, 4) is 0 Å². The van der Waals surface area contributed by atoms with Crippen LogP contribution < -0.4 is 0 Å². The van der Waals surface area contributed by atoms with Crippen molar-refractivity contribution in [3.63, 3.8) is 0 Å². The lowest BCUT2D eigenvalue weighted by Crippen LogP contribution is -2.43. The Hall–Kier alpha value is -0.620. The number of aliphatic carboxylic acids is 1. The number of rotatable bonds is 6. The van der Waals surface area contributed by atoms with E-state index in [0.29, 0.717) is 25.7 Å². The van der Waals surface area contributed by atoms with Crippen LogP contribution >= 0.6 is 0 Å². The fourth-order valence-corrected chi connectivity index (χ4v) is 6.19. The third-order valence-corrected chi connectivity index (χ3v) is 7.14. The molecule has 0 aromatic carbocycles. The first kappa shape index (κ1) is 14.8. The van der Waals surface area contributed by atoms with E-state index in [-0.39, 0.29) is 17.3 Å². The van der Waals surface area contributed by atoms with Gasteiger partial charge in [-0.2, -0.15) is 4.31 Å². The Morgan fingerprint density at radius 3 is 2.53 bits per heavy atom. The third-order valence-electron chi connectivity index (χ3n) is 4.57. The van der Waals surface area contributed by atoms with Crippen molar-refractivity contribution in [2.75, 3.05) is 0 Å². The lowest BCUT2D eigenvalue weighted by atomic mass is 9.89. The number of nitrogens with zero attached hydrogens (tertiary/aromatic N) is 1. The minimum atomic E-state index is -3.35. The molecule has 0 radical (unpaired) electrons. The molecule has 0 amide bonds. The molecule has 5 nitrogen and oxygen atoms in total. The summed E-state index contributed by atoms with van der Waals surface area (Å²) in [7, 11) is -3.35. The van der Waals surface area contributed by atoms with Gasteiger partial charge in [-0.05, 0) is 32.1 Å². The van der Waals surface area contributed by atoms with E-state index in [1.165, 1.54) is 0 Å². The lowest BCUT2D eigenvalue weighted by Gasteiger charge is -2.27. The molecule has 4 atom stereocenters. The van der Waals surface area contributed by atoms with E-state index >= 15 is 0 Å². The molecule has 6 heteroatoms.